The van der Waals surface area contributed by atoms with Gasteiger partial charge in [0.2, 0.25) is 0 Å². The van der Waals surface area contributed by atoms with E-state index in [9.17, 15) is 9.90 Å². The van der Waals surface area contributed by atoms with E-state index in [-0.39, 0.29) is 12.8 Å². The average molecular weight is 287 g/mol. The first-order valence-corrected chi connectivity index (χ1v) is 7.37. The van der Waals surface area contributed by atoms with Crippen LogP contribution in [0.15, 0.2) is 0 Å². The fraction of sp³-hybridized carbons (Fsp3) is 0.933. The second-order valence-electron chi connectivity index (χ2n) is 7.02. The summed E-state index contributed by atoms with van der Waals surface area (Å²) in [7, 11) is 0. The van der Waals surface area contributed by atoms with Crippen molar-refractivity contribution < 1.29 is 19.4 Å². The zero-order valence-corrected chi connectivity index (χ0v) is 13.6. The van der Waals surface area contributed by atoms with Crippen LogP contribution in [-0.2, 0) is 9.47 Å². The first kappa shape index (κ1) is 17.2. The van der Waals surface area contributed by atoms with Gasteiger partial charge in [-0.2, -0.15) is 0 Å². The van der Waals surface area contributed by atoms with Crippen LogP contribution in [0, 0.1) is 5.92 Å². The van der Waals surface area contributed by atoms with Crippen molar-refractivity contribution in [2.45, 2.75) is 71.8 Å². The minimum absolute atomic E-state index is 0.136. The minimum Gasteiger partial charge on any atom is -0.444 e. The van der Waals surface area contributed by atoms with Crippen molar-refractivity contribution in [2.24, 2.45) is 5.92 Å². The Morgan fingerprint density at radius 2 is 2.15 bits per heavy atom. The third-order valence-corrected chi connectivity index (χ3v) is 3.69. The van der Waals surface area contributed by atoms with Crippen LogP contribution in [-0.4, -0.2) is 46.7 Å². The Balaban J connectivity index is 2.89. The Kier molecular flexibility index (Phi) is 5.44. The van der Waals surface area contributed by atoms with Gasteiger partial charge in [0.25, 0.3) is 0 Å². The number of amides is 1. The molecule has 1 rings (SSSR count). The maximum absolute atomic E-state index is 12.4. The molecule has 1 N–H and O–H groups in total. The number of carbonyl (C=O) groups excluding carboxylic acids is 1. The lowest BCUT2D eigenvalue weighted by Gasteiger charge is -2.36. The van der Waals surface area contributed by atoms with E-state index >= 15 is 0 Å². The summed E-state index contributed by atoms with van der Waals surface area (Å²) in [4.78, 5) is 14.0. The highest BCUT2D eigenvalue weighted by Crippen LogP contribution is 2.32. The second kappa shape index (κ2) is 6.31. The minimum atomic E-state index is -0.708. The highest BCUT2D eigenvalue weighted by atomic mass is 16.6. The first-order chi connectivity index (χ1) is 9.13. The predicted molar refractivity (Wildman–Crippen MR) is 77.4 cm³/mol. The number of nitrogens with zero attached hydrogens (tertiary/aromatic N) is 1. The van der Waals surface area contributed by atoms with Gasteiger partial charge in [0, 0.05) is 0 Å². The molecule has 0 aromatic rings. The van der Waals surface area contributed by atoms with Gasteiger partial charge < -0.3 is 14.6 Å². The molecule has 1 saturated heterocycles. The lowest BCUT2D eigenvalue weighted by atomic mass is 10.0. The van der Waals surface area contributed by atoms with Crippen LogP contribution >= 0.6 is 0 Å². The molecule has 1 aliphatic heterocycles. The lowest BCUT2D eigenvalue weighted by Crippen LogP contribution is -2.54. The van der Waals surface area contributed by atoms with Crippen LogP contribution in [0.25, 0.3) is 0 Å². The third kappa shape index (κ3) is 4.09. The molecule has 0 aromatic carbocycles. The van der Waals surface area contributed by atoms with Crippen LogP contribution < -0.4 is 0 Å². The van der Waals surface area contributed by atoms with E-state index in [0.29, 0.717) is 12.5 Å². The van der Waals surface area contributed by atoms with Gasteiger partial charge in [-0.25, -0.2) is 4.79 Å². The fourth-order valence-electron chi connectivity index (χ4n) is 2.22. The van der Waals surface area contributed by atoms with Gasteiger partial charge in [0.1, 0.15) is 11.8 Å². The molecule has 20 heavy (non-hydrogen) atoms. The average Bonchev–Trinajstić information content (AvgIpc) is 2.65. The van der Waals surface area contributed by atoms with Gasteiger partial charge in [0.15, 0.2) is 0 Å². The van der Waals surface area contributed by atoms with Crippen molar-refractivity contribution in [3.63, 3.8) is 0 Å². The normalized spacial score (nSPS) is 28.6. The van der Waals surface area contributed by atoms with Gasteiger partial charge in [-0.05, 0) is 40.0 Å². The summed E-state index contributed by atoms with van der Waals surface area (Å²) in [5, 5.41) is 9.62. The van der Waals surface area contributed by atoms with Gasteiger partial charge in [-0.3, -0.25) is 4.90 Å². The van der Waals surface area contributed by atoms with E-state index in [4.69, 9.17) is 9.47 Å². The molecule has 3 atom stereocenters. The number of ether oxygens (including phenoxy) is 2. The number of aliphatic hydroxyl groups is 1. The quantitative estimate of drug-likeness (QED) is 0.863. The summed E-state index contributed by atoms with van der Waals surface area (Å²) < 4.78 is 11.2. The standard InChI is InChI=1S/C15H29NO4/c1-7-11(2)8-12-16(13(18)20-14(3,4)5)15(6,9-17)10-19-12/h11-12,17H,7-10H2,1-6H3. The van der Waals surface area contributed by atoms with Crippen LogP contribution in [0.3, 0.4) is 0 Å². The third-order valence-electron chi connectivity index (χ3n) is 3.69. The van der Waals surface area contributed by atoms with Crippen molar-refractivity contribution in [1.82, 2.24) is 4.90 Å². The molecular weight excluding hydrogens is 258 g/mol. The zero-order valence-electron chi connectivity index (χ0n) is 13.6. The molecule has 5 heteroatoms. The lowest BCUT2D eigenvalue weighted by molar-refractivity contribution is -0.0327. The Labute approximate surface area is 122 Å². The van der Waals surface area contributed by atoms with Crippen molar-refractivity contribution in [2.75, 3.05) is 13.2 Å². The van der Waals surface area contributed by atoms with Crippen LogP contribution in [0.5, 0.6) is 0 Å². The number of hydrogen-bond acceptors (Lipinski definition) is 4. The van der Waals surface area contributed by atoms with Gasteiger partial charge in [-0.15, -0.1) is 0 Å². The van der Waals surface area contributed by atoms with Crippen LogP contribution in [0.1, 0.15) is 54.4 Å². The Hall–Kier alpha value is -0.810. The maximum Gasteiger partial charge on any atom is 0.412 e. The molecule has 0 bridgehead atoms. The number of aliphatic hydroxyl groups excluding tert-OH is 1. The summed E-state index contributed by atoms with van der Waals surface area (Å²) in [6.45, 7) is 11.8. The summed E-state index contributed by atoms with van der Waals surface area (Å²) in [6.07, 6.45) is 1.04. The SMILES string of the molecule is CCC(C)CC1OCC(C)(CO)N1C(=O)OC(C)(C)C. The van der Waals surface area contributed by atoms with E-state index in [1.807, 2.05) is 27.7 Å². The second-order valence-corrected chi connectivity index (χ2v) is 7.02. The topological polar surface area (TPSA) is 59.0 Å². The first-order valence-electron chi connectivity index (χ1n) is 7.37. The van der Waals surface area contributed by atoms with Crippen molar-refractivity contribution in [1.29, 1.82) is 0 Å². The van der Waals surface area contributed by atoms with E-state index < -0.39 is 17.2 Å². The highest BCUT2D eigenvalue weighted by molar-refractivity contribution is 5.70. The maximum atomic E-state index is 12.4. The van der Waals surface area contributed by atoms with E-state index in [2.05, 4.69) is 13.8 Å². The van der Waals surface area contributed by atoms with E-state index in [0.717, 1.165) is 12.8 Å². The van der Waals surface area contributed by atoms with Gasteiger partial charge in [0.05, 0.1) is 18.8 Å². The fourth-order valence-corrected chi connectivity index (χ4v) is 2.22. The molecule has 5 nitrogen and oxygen atoms in total. The molecule has 3 unspecified atom stereocenters. The summed E-state index contributed by atoms with van der Waals surface area (Å²) >= 11 is 0. The van der Waals surface area contributed by atoms with Crippen LogP contribution in [0.2, 0.25) is 0 Å². The molecule has 0 saturated carbocycles. The van der Waals surface area contributed by atoms with E-state index in [1.54, 1.807) is 4.90 Å². The molecule has 1 fully saturated rings. The van der Waals surface area contributed by atoms with Crippen LogP contribution in [0.4, 0.5) is 4.79 Å². The van der Waals surface area contributed by atoms with Gasteiger partial charge in [-0.1, -0.05) is 20.3 Å². The Morgan fingerprint density at radius 3 is 2.60 bits per heavy atom. The Bertz CT molecular complexity index is 339. The summed E-state index contributed by atoms with van der Waals surface area (Å²) in [5.74, 6) is 0.450. The molecule has 0 aliphatic carbocycles. The molecule has 0 aromatic heterocycles. The zero-order chi connectivity index (χ0) is 15.6. The smallest absolute Gasteiger partial charge is 0.412 e. The molecule has 0 radical (unpaired) electrons. The number of rotatable bonds is 4. The molecular formula is C15H29NO4. The van der Waals surface area contributed by atoms with Crippen molar-refractivity contribution >= 4 is 6.09 Å². The largest absolute Gasteiger partial charge is 0.444 e. The summed E-state index contributed by atoms with van der Waals surface area (Å²) in [6, 6.07) is 0. The predicted octanol–water partition coefficient (Wildman–Crippen LogP) is 2.77. The summed E-state index contributed by atoms with van der Waals surface area (Å²) in [5.41, 5.74) is -1.27. The highest BCUT2D eigenvalue weighted by Gasteiger charge is 2.48. The van der Waals surface area contributed by atoms with Crippen molar-refractivity contribution in [3.8, 4) is 0 Å². The van der Waals surface area contributed by atoms with E-state index in [1.165, 1.54) is 0 Å². The molecule has 1 amide bonds. The van der Waals surface area contributed by atoms with Crippen molar-refractivity contribution in [3.05, 3.63) is 0 Å². The monoisotopic (exact) mass is 287 g/mol. The molecule has 0 spiro atoms. The molecule has 118 valence electrons. The Morgan fingerprint density at radius 1 is 1.55 bits per heavy atom. The molecule has 1 aliphatic rings. The van der Waals surface area contributed by atoms with Gasteiger partial charge >= 0.3 is 6.09 Å². The number of carbonyl (C=O) groups is 1. The molecule has 1 heterocycles. The number of hydrogen-bond donors (Lipinski definition) is 1.